The summed E-state index contributed by atoms with van der Waals surface area (Å²) in [7, 11) is 0. The van der Waals surface area contributed by atoms with Crippen LogP contribution in [0.1, 0.15) is 5.69 Å². The van der Waals surface area contributed by atoms with Gasteiger partial charge in [0.25, 0.3) is 0 Å². The van der Waals surface area contributed by atoms with Crippen LogP contribution in [0.4, 0.5) is 0 Å². The summed E-state index contributed by atoms with van der Waals surface area (Å²) >= 11 is 0. The van der Waals surface area contributed by atoms with Gasteiger partial charge in [0.1, 0.15) is 6.33 Å². The average molecular weight is 135 g/mol. The quantitative estimate of drug-likeness (QED) is 0.642. The molecule has 3 nitrogen and oxygen atoms in total. The van der Waals surface area contributed by atoms with E-state index in [4.69, 9.17) is 5.73 Å². The molecule has 0 aliphatic rings. The van der Waals surface area contributed by atoms with E-state index < -0.39 is 0 Å². The number of allylic oxidation sites excluding steroid dienone is 1. The van der Waals surface area contributed by atoms with Crippen LogP contribution in [-0.2, 0) is 6.42 Å². The molecule has 0 unspecified atom stereocenters. The first kappa shape index (κ1) is 6.74. The zero-order chi connectivity index (χ0) is 7.40. The van der Waals surface area contributed by atoms with Gasteiger partial charge in [0.2, 0.25) is 0 Å². The van der Waals surface area contributed by atoms with Crippen molar-refractivity contribution in [2.24, 2.45) is 5.73 Å². The highest BCUT2D eigenvalue weighted by Crippen LogP contribution is 1.95. The number of aromatic nitrogens is 2. The maximum atomic E-state index is 5.37. The lowest BCUT2D eigenvalue weighted by molar-refractivity contribution is 1.00. The van der Waals surface area contributed by atoms with Gasteiger partial charge in [-0.1, -0.05) is 6.58 Å². The molecule has 0 saturated carbocycles. The van der Waals surface area contributed by atoms with Crippen molar-refractivity contribution in [1.82, 2.24) is 9.97 Å². The molecule has 1 aromatic rings. The topological polar surface area (TPSA) is 51.8 Å². The predicted molar refractivity (Wildman–Crippen MR) is 39.1 cm³/mol. The molecule has 0 radical (unpaired) electrons. The summed E-state index contributed by atoms with van der Waals surface area (Å²) in [4.78, 5) is 7.74. The van der Waals surface area contributed by atoms with Crippen LogP contribution in [0, 0.1) is 0 Å². The van der Waals surface area contributed by atoms with Crippen molar-refractivity contribution in [2.45, 2.75) is 6.42 Å². The Kier molecular flexibility index (Phi) is 1.99. The minimum Gasteiger partial charge on any atom is -0.402 e. The summed E-state index contributed by atoms with van der Waals surface area (Å²) in [5.74, 6) is 0. The molecule has 0 fully saturated rings. The molecule has 52 valence electrons. The lowest BCUT2D eigenvalue weighted by atomic mass is 10.2. The monoisotopic (exact) mass is 135 g/mol. The lowest BCUT2D eigenvalue weighted by Gasteiger charge is -1.95. The second kappa shape index (κ2) is 2.96. The first-order valence-corrected chi connectivity index (χ1v) is 2.97. The molecule has 0 amide bonds. The van der Waals surface area contributed by atoms with Crippen LogP contribution in [0.2, 0.25) is 0 Å². The highest BCUT2D eigenvalue weighted by molar-refractivity contribution is 5.07. The second-order valence-corrected chi connectivity index (χ2v) is 2.04. The van der Waals surface area contributed by atoms with Gasteiger partial charge in [-0.15, -0.1) is 0 Å². The van der Waals surface area contributed by atoms with Gasteiger partial charge in [-0.2, -0.15) is 0 Å². The van der Waals surface area contributed by atoms with Crippen molar-refractivity contribution >= 4 is 0 Å². The Morgan fingerprint density at radius 2 is 2.50 bits per heavy atom. The van der Waals surface area contributed by atoms with E-state index in [1.807, 2.05) is 6.07 Å². The Bertz CT molecular complexity index is 218. The Morgan fingerprint density at radius 1 is 1.70 bits per heavy atom. The van der Waals surface area contributed by atoms with Crippen LogP contribution < -0.4 is 5.73 Å². The van der Waals surface area contributed by atoms with Gasteiger partial charge in [-0.05, 0) is 6.07 Å². The van der Waals surface area contributed by atoms with Crippen molar-refractivity contribution in [3.8, 4) is 0 Å². The molecular formula is C7H9N3. The van der Waals surface area contributed by atoms with Gasteiger partial charge in [0.15, 0.2) is 0 Å². The summed E-state index contributed by atoms with van der Waals surface area (Å²) in [6, 6.07) is 1.82. The SMILES string of the molecule is C=C(N)Cc1ccncn1. The maximum Gasteiger partial charge on any atom is 0.115 e. The molecule has 1 rings (SSSR count). The van der Waals surface area contributed by atoms with E-state index in [9.17, 15) is 0 Å². The minimum absolute atomic E-state index is 0.624. The Labute approximate surface area is 59.6 Å². The van der Waals surface area contributed by atoms with E-state index in [1.165, 1.54) is 6.33 Å². The fourth-order valence-electron chi connectivity index (χ4n) is 0.655. The molecule has 3 heteroatoms. The van der Waals surface area contributed by atoms with E-state index in [-0.39, 0.29) is 0 Å². The van der Waals surface area contributed by atoms with Gasteiger partial charge < -0.3 is 5.73 Å². The Morgan fingerprint density at radius 3 is 3.00 bits per heavy atom. The van der Waals surface area contributed by atoms with Crippen molar-refractivity contribution < 1.29 is 0 Å². The Balaban J connectivity index is 2.67. The highest BCUT2D eigenvalue weighted by Gasteiger charge is 1.91. The van der Waals surface area contributed by atoms with E-state index >= 15 is 0 Å². The van der Waals surface area contributed by atoms with Crippen LogP contribution >= 0.6 is 0 Å². The average Bonchev–Trinajstić information content (AvgIpc) is 1.88. The molecular weight excluding hydrogens is 126 g/mol. The van der Waals surface area contributed by atoms with E-state index in [2.05, 4.69) is 16.5 Å². The molecule has 10 heavy (non-hydrogen) atoms. The largest absolute Gasteiger partial charge is 0.402 e. The first-order valence-electron chi connectivity index (χ1n) is 2.97. The van der Waals surface area contributed by atoms with Gasteiger partial charge in [-0.25, -0.2) is 9.97 Å². The van der Waals surface area contributed by atoms with Crippen molar-refractivity contribution in [1.29, 1.82) is 0 Å². The van der Waals surface area contributed by atoms with Crippen molar-refractivity contribution in [2.75, 3.05) is 0 Å². The zero-order valence-electron chi connectivity index (χ0n) is 5.62. The smallest absolute Gasteiger partial charge is 0.115 e. The zero-order valence-corrected chi connectivity index (χ0v) is 5.62. The summed E-state index contributed by atoms with van der Waals surface area (Å²) in [6.45, 7) is 3.57. The number of nitrogens with two attached hydrogens (primary N) is 1. The third kappa shape index (κ3) is 1.85. The van der Waals surface area contributed by atoms with Gasteiger partial charge >= 0.3 is 0 Å². The molecule has 0 bridgehead atoms. The van der Waals surface area contributed by atoms with Crippen LogP contribution in [-0.4, -0.2) is 9.97 Å². The molecule has 0 spiro atoms. The molecule has 0 aliphatic heterocycles. The predicted octanol–water partition coefficient (Wildman–Crippen LogP) is 0.492. The molecule has 1 aromatic heterocycles. The van der Waals surface area contributed by atoms with E-state index in [0.29, 0.717) is 12.1 Å². The van der Waals surface area contributed by atoms with Crippen molar-refractivity contribution in [3.05, 3.63) is 36.6 Å². The van der Waals surface area contributed by atoms with Crippen LogP contribution in [0.3, 0.4) is 0 Å². The lowest BCUT2D eigenvalue weighted by Crippen LogP contribution is -2.00. The van der Waals surface area contributed by atoms with Crippen LogP contribution in [0.5, 0.6) is 0 Å². The number of rotatable bonds is 2. The number of hydrogen-bond donors (Lipinski definition) is 1. The maximum absolute atomic E-state index is 5.37. The summed E-state index contributed by atoms with van der Waals surface area (Å²) < 4.78 is 0. The normalized spacial score (nSPS) is 9.20. The summed E-state index contributed by atoms with van der Waals surface area (Å²) in [6.07, 6.45) is 3.81. The summed E-state index contributed by atoms with van der Waals surface area (Å²) in [5, 5.41) is 0. The molecule has 0 atom stereocenters. The third-order valence-electron chi connectivity index (χ3n) is 1.05. The Hall–Kier alpha value is -1.38. The van der Waals surface area contributed by atoms with Crippen LogP contribution in [0.15, 0.2) is 30.9 Å². The van der Waals surface area contributed by atoms with Gasteiger partial charge in [0, 0.05) is 24.0 Å². The van der Waals surface area contributed by atoms with Gasteiger partial charge in [0.05, 0.1) is 0 Å². The minimum atomic E-state index is 0.624. The second-order valence-electron chi connectivity index (χ2n) is 2.04. The highest BCUT2D eigenvalue weighted by atomic mass is 14.8. The summed E-state index contributed by atoms with van der Waals surface area (Å²) in [5.41, 5.74) is 6.90. The first-order chi connectivity index (χ1) is 4.79. The molecule has 0 saturated heterocycles. The molecule has 1 heterocycles. The fraction of sp³-hybridized carbons (Fsp3) is 0.143. The number of nitrogens with zero attached hydrogens (tertiary/aromatic N) is 2. The van der Waals surface area contributed by atoms with Gasteiger partial charge in [-0.3, -0.25) is 0 Å². The third-order valence-corrected chi connectivity index (χ3v) is 1.05. The molecule has 0 aliphatic carbocycles. The van der Waals surface area contributed by atoms with E-state index in [1.54, 1.807) is 6.20 Å². The fourth-order valence-corrected chi connectivity index (χ4v) is 0.655. The van der Waals surface area contributed by atoms with E-state index in [0.717, 1.165) is 5.69 Å². The molecule has 2 N–H and O–H groups in total. The standard InChI is InChI=1S/C7H9N3/c1-6(8)4-7-2-3-9-5-10-7/h2-3,5H,1,4,8H2. The van der Waals surface area contributed by atoms with Crippen LogP contribution in [0.25, 0.3) is 0 Å². The molecule has 0 aromatic carbocycles. The number of hydrogen-bond acceptors (Lipinski definition) is 3. The van der Waals surface area contributed by atoms with Crippen molar-refractivity contribution in [3.63, 3.8) is 0 Å².